The fourth-order valence-electron chi connectivity index (χ4n) is 2.68. The number of halogens is 2. The third-order valence-corrected chi connectivity index (χ3v) is 4.44. The number of nitrogens with zero attached hydrogens (tertiary/aromatic N) is 4. The second kappa shape index (κ2) is 6.93. The number of anilines is 1. The van der Waals surface area contributed by atoms with Gasteiger partial charge in [0, 0.05) is 18.7 Å². The Morgan fingerprint density at radius 2 is 1.74 bits per heavy atom. The molecule has 0 saturated heterocycles. The Hall–Kier alpha value is -3.05. The molecule has 8 heteroatoms. The molecule has 2 heterocycles. The maximum atomic E-state index is 13.6. The lowest BCUT2D eigenvalue weighted by atomic mass is 9.98. The van der Waals surface area contributed by atoms with Gasteiger partial charge >= 0.3 is 0 Å². The molecular formula is C19H19F2N5O. The van der Waals surface area contributed by atoms with Crippen molar-refractivity contribution in [2.45, 2.75) is 32.3 Å². The number of hydrogen-bond acceptors (Lipinski definition) is 5. The summed E-state index contributed by atoms with van der Waals surface area (Å²) in [5.41, 5.74) is 5.80. The van der Waals surface area contributed by atoms with Crippen LogP contribution in [0.15, 0.2) is 18.2 Å². The summed E-state index contributed by atoms with van der Waals surface area (Å²) in [6.45, 7) is 3.67. The molecule has 0 bridgehead atoms. The van der Waals surface area contributed by atoms with E-state index in [0.717, 1.165) is 6.07 Å². The van der Waals surface area contributed by atoms with Crippen LogP contribution in [0, 0.1) is 23.5 Å². The van der Waals surface area contributed by atoms with Crippen molar-refractivity contribution in [3.8, 4) is 23.2 Å². The van der Waals surface area contributed by atoms with E-state index in [0.29, 0.717) is 29.8 Å². The molecule has 6 nitrogen and oxygen atoms in total. The molecule has 0 spiro atoms. The number of aryl methyl sites for hydroxylation is 1. The number of nitrogens with two attached hydrogens (primary N) is 1. The first-order valence-corrected chi connectivity index (χ1v) is 8.48. The molecule has 1 aromatic carbocycles. The lowest BCUT2D eigenvalue weighted by molar-refractivity contribution is 0.0931. The summed E-state index contributed by atoms with van der Waals surface area (Å²) in [6.07, 6.45) is 0.935. The molecule has 27 heavy (non-hydrogen) atoms. The molecule has 0 unspecified atom stereocenters. The molecule has 0 amide bonds. The van der Waals surface area contributed by atoms with Crippen molar-refractivity contribution in [3.05, 3.63) is 35.7 Å². The summed E-state index contributed by atoms with van der Waals surface area (Å²) in [5.74, 6) is 4.64. The Morgan fingerprint density at radius 3 is 2.33 bits per heavy atom. The van der Waals surface area contributed by atoms with Crippen molar-refractivity contribution in [2.75, 3.05) is 5.73 Å². The van der Waals surface area contributed by atoms with Crippen LogP contribution in [0.1, 0.15) is 32.5 Å². The van der Waals surface area contributed by atoms with Crippen LogP contribution in [0.4, 0.5) is 14.6 Å². The minimum atomic E-state index is -1.12. The van der Waals surface area contributed by atoms with E-state index in [2.05, 4.69) is 26.8 Å². The van der Waals surface area contributed by atoms with E-state index in [1.807, 2.05) is 13.8 Å². The minimum absolute atomic E-state index is 0.0968. The van der Waals surface area contributed by atoms with Crippen molar-refractivity contribution >= 4 is 17.0 Å². The van der Waals surface area contributed by atoms with Crippen LogP contribution >= 0.6 is 0 Å². The van der Waals surface area contributed by atoms with Gasteiger partial charge in [-0.2, -0.15) is 0 Å². The SMILES string of the molecule is CCC(O)(C#Cc1nc(N)c2nc(-c3cc(F)cc(F)c3)n(C)c2n1)CC. The summed E-state index contributed by atoms with van der Waals surface area (Å²) in [6, 6.07) is 3.14. The van der Waals surface area contributed by atoms with E-state index >= 15 is 0 Å². The van der Waals surface area contributed by atoms with Crippen molar-refractivity contribution in [3.63, 3.8) is 0 Å². The normalized spacial score (nSPS) is 11.5. The van der Waals surface area contributed by atoms with Crippen LogP contribution in [0.3, 0.4) is 0 Å². The molecule has 0 aliphatic rings. The van der Waals surface area contributed by atoms with Crippen LogP contribution < -0.4 is 5.73 Å². The monoisotopic (exact) mass is 371 g/mol. The summed E-state index contributed by atoms with van der Waals surface area (Å²) >= 11 is 0. The molecule has 0 atom stereocenters. The van der Waals surface area contributed by atoms with Gasteiger partial charge < -0.3 is 15.4 Å². The van der Waals surface area contributed by atoms with Crippen molar-refractivity contribution in [2.24, 2.45) is 7.05 Å². The quantitative estimate of drug-likeness (QED) is 0.691. The molecule has 2 aromatic heterocycles. The molecule has 0 aliphatic heterocycles. The molecule has 3 rings (SSSR count). The highest BCUT2D eigenvalue weighted by Gasteiger charge is 2.19. The zero-order valence-electron chi connectivity index (χ0n) is 15.2. The number of aliphatic hydroxyl groups is 1. The Labute approximate surface area is 155 Å². The summed E-state index contributed by atoms with van der Waals surface area (Å²) < 4.78 is 28.7. The summed E-state index contributed by atoms with van der Waals surface area (Å²) in [5, 5.41) is 10.3. The van der Waals surface area contributed by atoms with Gasteiger partial charge in [0.05, 0.1) is 0 Å². The Balaban J connectivity index is 2.14. The molecule has 3 aromatic rings. The van der Waals surface area contributed by atoms with Gasteiger partial charge in [0.25, 0.3) is 0 Å². The van der Waals surface area contributed by atoms with E-state index in [1.165, 1.54) is 12.1 Å². The molecular weight excluding hydrogens is 352 g/mol. The molecule has 0 aliphatic carbocycles. The third kappa shape index (κ3) is 3.59. The maximum Gasteiger partial charge on any atom is 0.209 e. The standard InChI is InChI=1S/C19H19F2N5O/c1-4-19(27,5-2)7-6-14-23-16(22)15-18(24-14)26(3)17(25-15)11-8-12(20)10-13(21)9-11/h8-10,27H,4-5H2,1-3H3,(H2,22,23,24). The van der Waals surface area contributed by atoms with Crippen LogP contribution in [0.25, 0.3) is 22.6 Å². The highest BCUT2D eigenvalue weighted by atomic mass is 19.1. The van der Waals surface area contributed by atoms with Crippen LogP contribution in [0.5, 0.6) is 0 Å². The minimum Gasteiger partial charge on any atom is -0.382 e. The Morgan fingerprint density at radius 1 is 1.11 bits per heavy atom. The van der Waals surface area contributed by atoms with Crippen LogP contribution in [-0.2, 0) is 7.05 Å². The summed E-state index contributed by atoms with van der Waals surface area (Å²) in [7, 11) is 1.66. The second-order valence-electron chi connectivity index (χ2n) is 6.25. The lowest BCUT2D eigenvalue weighted by Gasteiger charge is -2.16. The predicted molar refractivity (Wildman–Crippen MR) is 98.5 cm³/mol. The first-order chi connectivity index (χ1) is 12.8. The molecule has 0 fully saturated rings. The first-order valence-electron chi connectivity index (χ1n) is 8.48. The Kier molecular flexibility index (Phi) is 4.81. The van der Waals surface area contributed by atoms with Crippen LogP contribution in [-0.4, -0.2) is 30.2 Å². The van der Waals surface area contributed by atoms with Crippen molar-refractivity contribution < 1.29 is 13.9 Å². The lowest BCUT2D eigenvalue weighted by Crippen LogP contribution is -2.23. The number of benzene rings is 1. The highest BCUT2D eigenvalue weighted by molar-refractivity contribution is 5.85. The van der Waals surface area contributed by atoms with Gasteiger partial charge in [-0.25, -0.2) is 23.7 Å². The van der Waals surface area contributed by atoms with Gasteiger partial charge in [-0.3, -0.25) is 0 Å². The molecule has 0 radical (unpaired) electrons. The van der Waals surface area contributed by atoms with Gasteiger partial charge in [-0.15, -0.1) is 0 Å². The zero-order valence-corrected chi connectivity index (χ0v) is 15.2. The van der Waals surface area contributed by atoms with E-state index < -0.39 is 17.2 Å². The number of hydrogen-bond donors (Lipinski definition) is 2. The van der Waals surface area contributed by atoms with Crippen LogP contribution in [0.2, 0.25) is 0 Å². The zero-order chi connectivity index (χ0) is 19.8. The fourth-order valence-corrected chi connectivity index (χ4v) is 2.68. The molecule has 0 saturated carbocycles. The molecule has 3 N–H and O–H groups in total. The second-order valence-corrected chi connectivity index (χ2v) is 6.25. The van der Waals surface area contributed by atoms with Crippen molar-refractivity contribution in [1.82, 2.24) is 19.5 Å². The van der Waals surface area contributed by atoms with E-state index in [1.54, 1.807) is 11.6 Å². The summed E-state index contributed by atoms with van der Waals surface area (Å²) in [4.78, 5) is 12.8. The highest BCUT2D eigenvalue weighted by Crippen LogP contribution is 2.26. The smallest absolute Gasteiger partial charge is 0.209 e. The average Bonchev–Trinajstić information content (AvgIpc) is 2.96. The topological polar surface area (TPSA) is 89.9 Å². The predicted octanol–water partition coefficient (Wildman–Crippen LogP) is 2.79. The van der Waals surface area contributed by atoms with E-state index in [4.69, 9.17) is 5.73 Å². The number of nitrogen functional groups attached to an aromatic ring is 1. The number of aromatic nitrogens is 4. The van der Waals surface area contributed by atoms with Gasteiger partial charge in [-0.1, -0.05) is 19.8 Å². The largest absolute Gasteiger partial charge is 0.382 e. The van der Waals surface area contributed by atoms with Gasteiger partial charge in [0.15, 0.2) is 17.0 Å². The first kappa shape index (κ1) is 18.7. The van der Waals surface area contributed by atoms with Crippen molar-refractivity contribution in [1.29, 1.82) is 0 Å². The number of fused-ring (bicyclic) bond motifs is 1. The molecule has 140 valence electrons. The third-order valence-electron chi connectivity index (χ3n) is 4.44. The number of imidazole rings is 1. The van der Waals surface area contributed by atoms with E-state index in [9.17, 15) is 13.9 Å². The van der Waals surface area contributed by atoms with Gasteiger partial charge in [-0.05, 0) is 30.9 Å². The average molecular weight is 371 g/mol. The van der Waals surface area contributed by atoms with Gasteiger partial charge in [0.2, 0.25) is 5.82 Å². The van der Waals surface area contributed by atoms with Gasteiger partial charge in [0.1, 0.15) is 23.1 Å². The van der Waals surface area contributed by atoms with E-state index in [-0.39, 0.29) is 17.2 Å². The maximum absolute atomic E-state index is 13.6. The fraction of sp³-hybridized carbons (Fsp3) is 0.316. The Bertz CT molecular complexity index is 1060. The number of rotatable bonds is 3.